The highest BCUT2D eigenvalue weighted by molar-refractivity contribution is 7.01. The zero-order valence-corrected chi connectivity index (χ0v) is 35.1. The summed E-state index contributed by atoms with van der Waals surface area (Å²) < 4.78 is 2.61. The van der Waals surface area contributed by atoms with Gasteiger partial charge in [-0.3, -0.25) is 0 Å². The predicted molar refractivity (Wildman–Crippen MR) is 242 cm³/mol. The molecule has 2 aliphatic heterocycles. The van der Waals surface area contributed by atoms with E-state index in [1.165, 1.54) is 105 Å². The molecule has 0 N–H and O–H groups in total. The molecule has 3 nitrogen and oxygen atoms in total. The second-order valence-corrected chi connectivity index (χ2v) is 20.8. The van der Waals surface area contributed by atoms with Gasteiger partial charge >= 0.3 is 0 Å². The normalized spacial score (nSPS) is 14.9. The summed E-state index contributed by atoms with van der Waals surface area (Å²) in [6.45, 7) is 28.4. The van der Waals surface area contributed by atoms with Gasteiger partial charge in [-0.1, -0.05) is 117 Å². The van der Waals surface area contributed by atoms with E-state index in [-0.39, 0.29) is 28.5 Å². The van der Waals surface area contributed by atoms with E-state index in [4.69, 9.17) is 0 Å². The average molecular weight is 720 g/mol. The average Bonchev–Trinajstić information content (AvgIpc) is 3.61. The van der Waals surface area contributed by atoms with Crippen molar-refractivity contribution >= 4 is 94.7 Å². The highest BCUT2D eigenvalue weighted by atomic mass is 15.2. The maximum atomic E-state index is 2.73. The molecule has 10 rings (SSSR count). The number of rotatable bonds is 0. The highest BCUT2D eigenvalue weighted by Crippen LogP contribution is 2.53. The van der Waals surface area contributed by atoms with E-state index in [9.17, 15) is 0 Å². The van der Waals surface area contributed by atoms with Crippen molar-refractivity contribution in [2.45, 2.75) is 105 Å². The van der Waals surface area contributed by atoms with Crippen LogP contribution in [0.2, 0.25) is 0 Å². The molecule has 8 aromatic rings. The third-order valence-electron chi connectivity index (χ3n) is 13.0. The molecule has 2 aliphatic rings. The topological polar surface area (TPSA) is 10.9 Å². The molecule has 4 heteroatoms. The molecule has 0 atom stereocenters. The molecule has 0 saturated carbocycles. The number of hydrogen-bond donors (Lipinski definition) is 0. The maximum Gasteiger partial charge on any atom is 0.252 e. The van der Waals surface area contributed by atoms with Crippen molar-refractivity contribution in [1.29, 1.82) is 0 Å². The van der Waals surface area contributed by atoms with Gasteiger partial charge in [0, 0.05) is 56.9 Å². The van der Waals surface area contributed by atoms with Crippen LogP contribution in [0.3, 0.4) is 0 Å². The Morgan fingerprint density at radius 2 is 0.982 bits per heavy atom. The quantitative estimate of drug-likeness (QED) is 0.145. The second-order valence-electron chi connectivity index (χ2n) is 20.8. The van der Waals surface area contributed by atoms with Gasteiger partial charge in [0.05, 0.1) is 16.6 Å². The van der Waals surface area contributed by atoms with Gasteiger partial charge in [-0.05, 0) is 117 Å². The predicted octanol–water partition coefficient (Wildman–Crippen LogP) is 11.7. The van der Waals surface area contributed by atoms with Crippen molar-refractivity contribution in [3.8, 4) is 0 Å². The summed E-state index contributed by atoms with van der Waals surface area (Å²) >= 11 is 0. The molecular weight excluding hydrogens is 665 g/mol. The first-order chi connectivity index (χ1) is 25.7. The van der Waals surface area contributed by atoms with Crippen LogP contribution in [0.4, 0.5) is 22.7 Å². The molecule has 0 unspecified atom stereocenters. The molecule has 0 fully saturated rings. The first-order valence-corrected chi connectivity index (χ1v) is 20.3. The summed E-state index contributed by atoms with van der Waals surface area (Å²) in [5.41, 5.74) is 17.4. The SMILES string of the molecule is CN1c2ccc(C(C)(C)C)cc2B2c3cc4ccccc4cc3N(C(C)(C)C)c3c2c1c1c2cc(C(C)(C)C)ccc2n2c4ccc(C(C)(C)C)cc4c3c12. The first kappa shape index (κ1) is 34.5. The fraction of sp³-hybridized carbons (Fsp3) is 0.333. The van der Waals surface area contributed by atoms with E-state index >= 15 is 0 Å². The van der Waals surface area contributed by atoms with E-state index in [1.54, 1.807) is 0 Å². The molecule has 0 saturated heterocycles. The minimum Gasteiger partial charge on any atom is -0.345 e. The van der Waals surface area contributed by atoms with Crippen molar-refractivity contribution in [1.82, 2.24) is 4.40 Å². The van der Waals surface area contributed by atoms with E-state index in [1.807, 2.05) is 0 Å². The third-order valence-corrected chi connectivity index (χ3v) is 13.0. The first-order valence-electron chi connectivity index (χ1n) is 20.3. The third kappa shape index (κ3) is 4.63. The molecule has 55 heavy (non-hydrogen) atoms. The number of anilines is 4. The molecule has 276 valence electrons. The number of aromatic nitrogens is 1. The Kier molecular flexibility index (Phi) is 6.69. The molecule has 2 aromatic heterocycles. The summed E-state index contributed by atoms with van der Waals surface area (Å²) in [6.07, 6.45) is 0. The van der Waals surface area contributed by atoms with Gasteiger partial charge in [0.25, 0.3) is 6.71 Å². The summed E-state index contributed by atoms with van der Waals surface area (Å²) in [5.74, 6) is 0. The van der Waals surface area contributed by atoms with Crippen LogP contribution in [0.5, 0.6) is 0 Å². The Hall–Kier alpha value is -4.96. The Morgan fingerprint density at radius 3 is 1.53 bits per heavy atom. The zero-order valence-electron chi connectivity index (χ0n) is 35.1. The molecule has 0 radical (unpaired) electrons. The Labute approximate surface area is 327 Å². The summed E-state index contributed by atoms with van der Waals surface area (Å²) in [7, 11) is 2.33. The number of hydrogen-bond acceptors (Lipinski definition) is 2. The van der Waals surface area contributed by atoms with E-state index in [0.717, 1.165) is 0 Å². The lowest BCUT2D eigenvalue weighted by atomic mass is 9.33. The molecular formula is C51H54BN3. The minimum atomic E-state index is -0.215. The molecule has 4 heterocycles. The van der Waals surface area contributed by atoms with Gasteiger partial charge in [-0.15, -0.1) is 0 Å². The van der Waals surface area contributed by atoms with Gasteiger partial charge in [0.15, 0.2) is 0 Å². The van der Waals surface area contributed by atoms with Crippen LogP contribution in [0.1, 0.15) is 99.8 Å². The van der Waals surface area contributed by atoms with Crippen molar-refractivity contribution in [3.63, 3.8) is 0 Å². The number of fused-ring (bicyclic) bond motifs is 13. The monoisotopic (exact) mass is 719 g/mol. The van der Waals surface area contributed by atoms with Crippen molar-refractivity contribution in [2.75, 3.05) is 16.8 Å². The van der Waals surface area contributed by atoms with Crippen LogP contribution < -0.4 is 26.2 Å². The standard InChI is InChI=1S/C51H54BN3/c1-48(2,3)31-18-21-38-34(26-31)42-45-43(35-27-32(49(4,5)6)19-22-39(35)54(38)45)47-44-46(42)53(13)40-23-20-33(50(7,8)9)28-37(40)52(44)36-24-29-16-14-15-17-30(29)25-41(36)55(47)51(10,11)12/h14-28H,1-13H3. The second kappa shape index (κ2) is 10.7. The van der Waals surface area contributed by atoms with Crippen molar-refractivity contribution in [3.05, 3.63) is 108 Å². The lowest BCUT2D eigenvalue weighted by molar-refractivity contribution is 0.563. The summed E-state index contributed by atoms with van der Waals surface area (Å²) in [5, 5.41) is 8.03. The fourth-order valence-electron chi connectivity index (χ4n) is 10.1. The number of nitrogens with zero attached hydrogens (tertiary/aromatic N) is 3. The number of benzene rings is 6. The van der Waals surface area contributed by atoms with Crippen LogP contribution in [0.15, 0.2) is 91.0 Å². The smallest absolute Gasteiger partial charge is 0.252 e. The van der Waals surface area contributed by atoms with Crippen LogP contribution in [-0.4, -0.2) is 23.7 Å². The van der Waals surface area contributed by atoms with Crippen LogP contribution >= 0.6 is 0 Å². The Balaban J connectivity index is 1.50. The molecule has 0 amide bonds. The van der Waals surface area contributed by atoms with Crippen LogP contribution in [0.25, 0.3) is 48.9 Å². The lowest BCUT2D eigenvalue weighted by Gasteiger charge is -2.48. The molecule has 0 aliphatic carbocycles. The summed E-state index contributed by atoms with van der Waals surface area (Å²) in [4.78, 5) is 5.28. The zero-order chi connectivity index (χ0) is 38.9. The van der Waals surface area contributed by atoms with E-state index < -0.39 is 0 Å². The maximum absolute atomic E-state index is 2.73. The van der Waals surface area contributed by atoms with Gasteiger partial charge in [0.2, 0.25) is 0 Å². The van der Waals surface area contributed by atoms with Gasteiger partial charge in [-0.2, -0.15) is 0 Å². The molecule has 0 bridgehead atoms. The van der Waals surface area contributed by atoms with Crippen LogP contribution in [0, 0.1) is 0 Å². The van der Waals surface area contributed by atoms with Gasteiger partial charge < -0.3 is 14.2 Å². The van der Waals surface area contributed by atoms with Gasteiger partial charge in [0.1, 0.15) is 0 Å². The van der Waals surface area contributed by atoms with E-state index in [0.29, 0.717) is 0 Å². The minimum absolute atomic E-state index is 0.0147. The Bertz CT molecular complexity index is 2930. The molecule has 0 spiro atoms. The lowest BCUT2D eigenvalue weighted by Crippen LogP contribution is -2.64. The Morgan fingerprint density at radius 1 is 0.491 bits per heavy atom. The van der Waals surface area contributed by atoms with Gasteiger partial charge in [-0.25, -0.2) is 0 Å². The highest BCUT2D eigenvalue weighted by Gasteiger charge is 2.47. The van der Waals surface area contributed by atoms with Crippen molar-refractivity contribution < 1.29 is 0 Å². The largest absolute Gasteiger partial charge is 0.345 e. The summed E-state index contributed by atoms with van der Waals surface area (Å²) in [6, 6.07) is 35.9. The van der Waals surface area contributed by atoms with E-state index in [2.05, 4.69) is 195 Å². The molecule has 6 aromatic carbocycles. The fourth-order valence-corrected chi connectivity index (χ4v) is 10.1. The van der Waals surface area contributed by atoms with Crippen LogP contribution in [-0.2, 0) is 16.2 Å². The van der Waals surface area contributed by atoms with Crippen molar-refractivity contribution in [2.24, 2.45) is 0 Å².